The minimum absolute atomic E-state index is 0.0162. The summed E-state index contributed by atoms with van der Waals surface area (Å²) >= 11 is 1.25. The number of ether oxygens (including phenoxy) is 1. The van der Waals surface area contributed by atoms with Crippen molar-refractivity contribution >= 4 is 38.9 Å². The van der Waals surface area contributed by atoms with Gasteiger partial charge >= 0.3 is 0 Å². The highest BCUT2D eigenvalue weighted by molar-refractivity contribution is 7.92. The van der Waals surface area contributed by atoms with Crippen LogP contribution in [-0.2, 0) is 16.6 Å². The van der Waals surface area contributed by atoms with Crippen molar-refractivity contribution in [2.45, 2.75) is 25.3 Å². The third kappa shape index (κ3) is 5.74. The Bertz CT molecular complexity index is 1390. The third-order valence-electron chi connectivity index (χ3n) is 4.64. The number of aryl methyl sites for hydroxylation is 2. The Morgan fingerprint density at radius 3 is 2.35 bits per heavy atom. The number of hydrogen-bond donors (Lipinski definition) is 2. The van der Waals surface area contributed by atoms with Gasteiger partial charge < -0.3 is 10.1 Å². The second kappa shape index (κ2) is 9.98. The molecule has 174 valence electrons. The molecule has 0 unspecified atom stereocenters. The van der Waals surface area contributed by atoms with Crippen molar-refractivity contribution < 1.29 is 17.9 Å². The molecule has 0 aliphatic carbocycles. The molecule has 2 aromatic carbocycles. The second-order valence-corrected chi connectivity index (χ2v) is 10.0. The lowest BCUT2D eigenvalue weighted by Gasteiger charge is -2.08. The first-order valence-corrected chi connectivity index (χ1v) is 12.5. The van der Waals surface area contributed by atoms with Crippen LogP contribution in [0, 0.1) is 13.8 Å². The maximum absolute atomic E-state index is 12.8. The van der Waals surface area contributed by atoms with Crippen LogP contribution in [-0.4, -0.2) is 29.3 Å². The van der Waals surface area contributed by atoms with Gasteiger partial charge in [-0.3, -0.25) is 4.79 Å². The summed E-state index contributed by atoms with van der Waals surface area (Å²) < 4.78 is 33.0. The van der Waals surface area contributed by atoms with Crippen LogP contribution < -0.4 is 14.8 Å². The van der Waals surface area contributed by atoms with Gasteiger partial charge in [-0.25, -0.2) is 28.1 Å². The second-order valence-electron chi connectivity index (χ2n) is 7.28. The van der Waals surface area contributed by atoms with Crippen molar-refractivity contribution in [2.75, 3.05) is 10.0 Å². The number of thiazole rings is 1. The molecule has 0 atom stereocenters. The summed E-state index contributed by atoms with van der Waals surface area (Å²) in [4.78, 5) is 25.4. The normalized spacial score (nSPS) is 11.1. The fraction of sp³-hybridized carbons (Fsp3) is 0.130. The van der Waals surface area contributed by atoms with Gasteiger partial charge in [-0.1, -0.05) is 17.7 Å². The van der Waals surface area contributed by atoms with Crippen LogP contribution in [0.2, 0.25) is 0 Å². The maximum atomic E-state index is 12.8. The van der Waals surface area contributed by atoms with Gasteiger partial charge in [0.2, 0.25) is 5.95 Å². The van der Waals surface area contributed by atoms with Crippen molar-refractivity contribution in [2.24, 2.45) is 0 Å². The molecule has 0 aliphatic rings. The van der Waals surface area contributed by atoms with Crippen molar-refractivity contribution in [1.82, 2.24) is 15.0 Å². The average Bonchev–Trinajstić information content (AvgIpc) is 3.20. The third-order valence-corrected chi connectivity index (χ3v) is 7.12. The van der Waals surface area contributed by atoms with Crippen molar-refractivity contribution in [1.29, 1.82) is 0 Å². The lowest BCUT2D eigenvalue weighted by Crippen LogP contribution is -2.15. The summed E-state index contributed by atoms with van der Waals surface area (Å²) in [6.07, 6.45) is 2.87. The van der Waals surface area contributed by atoms with E-state index in [2.05, 4.69) is 25.0 Å². The molecular formula is C23H21N5O4S2. The molecule has 11 heteroatoms. The van der Waals surface area contributed by atoms with E-state index in [1.165, 1.54) is 48.0 Å². The van der Waals surface area contributed by atoms with Gasteiger partial charge in [-0.05, 0) is 56.3 Å². The molecule has 0 fully saturated rings. The average molecular weight is 496 g/mol. The van der Waals surface area contributed by atoms with E-state index < -0.39 is 10.0 Å². The highest BCUT2D eigenvalue weighted by atomic mass is 32.2. The van der Waals surface area contributed by atoms with Crippen LogP contribution in [0.25, 0.3) is 0 Å². The number of hydrogen-bond acceptors (Lipinski definition) is 8. The summed E-state index contributed by atoms with van der Waals surface area (Å²) in [5.41, 5.74) is 2.19. The van der Waals surface area contributed by atoms with E-state index in [0.29, 0.717) is 21.3 Å². The Morgan fingerprint density at radius 2 is 1.68 bits per heavy atom. The van der Waals surface area contributed by atoms with E-state index in [-0.39, 0.29) is 23.4 Å². The lowest BCUT2D eigenvalue weighted by molar-refractivity contribution is 0.103. The lowest BCUT2D eigenvalue weighted by atomic mass is 10.2. The number of amides is 1. The van der Waals surface area contributed by atoms with E-state index in [4.69, 9.17) is 4.74 Å². The Kier molecular flexibility index (Phi) is 6.85. The van der Waals surface area contributed by atoms with Gasteiger partial charge in [0.05, 0.1) is 10.6 Å². The molecule has 9 nitrogen and oxygen atoms in total. The number of carbonyl (C=O) groups is 1. The quantitative estimate of drug-likeness (QED) is 0.376. The number of sulfonamides is 1. The van der Waals surface area contributed by atoms with Crippen molar-refractivity contribution in [3.63, 3.8) is 0 Å². The van der Waals surface area contributed by atoms with Gasteiger partial charge in [0.15, 0.2) is 0 Å². The minimum Gasteiger partial charge on any atom is -0.486 e. The molecule has 2 N–H and O–H groups in total. The number of aromatic nitrogens is 3. The molecule has 0 spiro atoms. The zero-order valence-electron chi connectivity index (χ0n) is 18.3. The molecule has 0 saturated carbocycles. The molecule has 34 heavy (non-hydrogen) atoms. The van der Waals surface area contributed by atoms with E-state index >= 15 is 0 Å². The van der Waals surface area contributed by atoms with Crippen LogP contribution in [0.5, 0.6) is 5.75 Å². The number of nitrogens with one attached hydrogen (secondary N) is 2. The van der Waals surface area contributed by atoms with Gasteiger partial charge in [-0.15, -0.1) is 11.3 Å². The molecule has 2 heterocycles. The Labute approximate surface area is 200 Å². The summed E-state index contributed by atoms with van der Waals surface area (Å²) in [5, 5.41) is 3.45. The molecule has 0 aliphatic heterocycles. The summed E-state index contributed by atoms with van der Waals surface area (Å²) in [5.74, 6) is 0.374. The molecule has 4 rings (SSSR count). The Hall–Kier alpha value is -3.83. The van der Waals surface area contributed by atoms with E-state index in [1.807, 2.05) is 31.2 Å². The Morgan fingerprint density at radius 1 is 1.00 bits per heavy atom. The van der Waals surface area contributed by atoms with Gasteiger partial charge in [0, 0.05) is 18.1 Å². The smallest absolute Gasteiger partial charge is 0.267 e. The molecule has 4 aromatic rings. The summed E-state index contributed by atoms with van der Waals surface area (Å²) in [6.45, 7) is 4.02. The van der Waals surface area contributed by atoms with E-state index in [1.54, 1.807) is 13.0 Å². The van der Waals surface area contributed by atoms with Crippen LogP contribution >= 0.6 is 11.3 Å². The first-order chi connectivity index (χ1) is 16.3. The van der Waals surface area contributed by atoms with Crippen LogP contribution in [0.3, 0.4) is 0 Å². The highest BCUT2D eigenvalue weighted by Gasteiger charge is 2.18. The number of nitrogens with zero attached hydrogens (tertiary/aromatic N) is 3. The van der Waals surface area contributed by atoms with Crippen LogP contribution in [0.1, 0.15) is 25.9 Å². The van der Waals surface area contributed by atoms with E-state index in [9.17, 15) is 13.2 Å². The predicted molar refractivity (Wildman–Crippen MR) is 130 cm³/mol. The molecule has 0 saturated heterocycles. The van der Waals surface area contributed by atoms with E-state index in [0.717, 1.165) is 11.3 Å². The van der Waals surface area contributed by atoms with Crippen LogP contribution in [0.15, 0.2) is 71.9 Å². The first-order valence-electron chi connectivity index (χ1n) is 10.2. The summed E-state index contributed by atoms with van der Waals surface area (Å²) in [7, 11) is -3.86. The first kappa shape index (κ1) is 23.3. The molecule has 1 amide bonds. The standard InChI is InChI=1S/C23H21N5O4S2/c1-15-4-8-18(9-5-15)32-14-20-26-16(2)21(33-20)22(29)27-17-6-10-19(11-7-17)34(30,31)28-23-24-12-3-13-25-23/h3-13H,14H2,1-2H3,(H,27,29)(H,24,25,28). The van der Waals surface area contributed by atoms with Gasteiger partial charge in [0.1, 0.15) is 22.2 Å². The van der Waals surface area contributed by atoms with Crippen LogP contribution in [0.4, 0.5) is 11.6 Å². The van der Waals surface area contributed by atoms with Gasteiger partial charge in [-0.2, -0.15) is 0 Å². The zero-order valence-corrected chi connectivity index (χ0v) is 20.0. The summed E-state index contributed by atoms with van der Waals surface area (Å²) in [6, 6.07) is 15.1. The zero-order chi connectivity index (χ0) is 24.1. The number of carbonyl (C=O) groups excluding carboxylic acids is 1. The topological polar surface area (TPSA) is 123 Å². The largest absolute Gasteiger partial charge is 0.486 e. The minimum atomic E-state index is -3.86. The fourth-order valence-electron chi connectivity index (χ4n) is 2.94. The van der Waals surface area contributed by atoms with Crippen molar-refractivity contribution in [3.8, 4) is 5.75 Å². The maximum Gasteiger partial charge on any atom is 0.267 e. The van der Waals surface area contributed by atoms with Crippen molar-refractivity contribution in [3.05, 3.63) is 88.1 Å². The Balaban J connectivity index is 1.39. The number of rotatable bonds is 8. The van der Waals surface area contributed by atoms with Gasteiger partial charge in [0.25, 0.3) is 15.9 Å². The molecule has 0 bridgehead atoms. The predicted octanol–water partition coefficient (Wildman–Crippen LogP) is 4.18. The fourth-order valence-corrected chi connectivity index (χ4v) is 4.77. The SMILES string of the molecule is Cc1ccc(OCc2nc(C)c(C(=O)Nc3ccc(S(=O)(=O)Nc4ncccn4)cc3)s2)cc1. The monoisotopic (exact) mass is 495 g/mol. The molecular weight excluding hydrogens is 474 g/mol. The number of anilines is 2. The molecule has 2 aromatic heterocycles. The number of benzene rings is 2. The highest BCUT2D eigenvalue weighted by Crippen LogP contribution is 2.23. The molecule has 0 radical (unpaired) electrons.